The van der Waals surface area contributed by atoms with Crippen molar-refractivity contribution in [3.05, 3.63) is 88.9 Å². The molecular formula is C29H31ClN4O3S. The zero-order valence-corrected chi connectivity index (χ0v) is 23.0. The van der Waals surface area contributed by atoms with E-state index in [1.54, 1.807) is 42.5 Å². The Kier molecular flexibility index (Phi) is 9.20. The quantitative estimate of drug-likeness (QED) is 0.380. The van der Waals surface area contributed by atoms with Gasteiger partial charge in [0.2, 0.25) is 0 Å². The lowest BCUT2D eigenvalue weighted by Gasteiger charge is -2.36. The summed E-state index contributed by atoms with van der Waals surface area (Å²) in [6.45, 7) is 7.47. The van der Waals surface area contributed by atoms with E-state index in [1.807, 2.05) is 35.2 Å². The molecule has 2 N–H and O–H groups in total. The van der Waals surface area contributed by atoms with Crippen molar-refractivity contribution < 1.29 is 14.3 Å². The number of piperazine rings is 1. The molecule has 0 aromatic heterocycles. The van der Waals surface area contributed by atoms with Crippen LogP contribution >= 0.6 is 23.8 Å². The molecule has 0 aliphatic carbocycles. The van der Waals surface area contributed by atoms with Gasteiger partial charge in [0.25, 0.3) is 11.8 Å². The van der Waals surface area contributed by atoms with Gasteiger partial charge >= 0.3 is 0 Å². The van der Waals surface area contributed by atoms with Gasteiger partial charge in [0.15, 0.2) is 5.11 Å². The summed E-state index contributed by atoms with van der Waals surface area (Å²) in [4.78, 5) is 29.5. The van der Waals surface area contributed by atoms with E-state index >= 15 is 0 Å². The van der Waals surface area contributed by atoms with Crippen LogP contribution in [0.4, 0.5) is 11.4 Å². The molecule has 0 saturated carbocycles. The summed E-state index contributed by atoms with van der Waals surface area (Å²) < 4.78 is 5.71. The Hall–Kier alpha value is -3.62. The molecule has 0 radical (unpaired) electrons. The normalized spacial score (nSPS) is 13.3. The molecule has 1 saturated heterocycles. The van der Waals surface area contributed by atoms with Gasteiger partial charge in [-0.25, -0.2) is 0 Å². The molecule has 198 valence electrons. The lowest BCUT2D eigenvalue weighted by atomic mass is 10.1. The molecule has 1 aliphatic rings. The molecule has 3 aromatic carbocycles. The Labute approximate surface area is 233 Å². The number of nitrogens with one attached hydrogen (secondary N) is 2. The minimum Gasteiger partial charge on any atom is -0.493 e. The van der Waals surface area contributed by atoms with Crippen molar-refractivity contribution in [2.45, 2.75) is 13.8 Å². The van der Waals surface area contributed by atoms with Crippen molar-refractivity contribution in [2.75, 3.05) is 43.0 Å². The van der Waals surface area contributed by atoms with Crippen LogP contribution in [0, 0.1) is 5.92 Å². The number of carbonyl (C=O) groups excluding carboxylic acids is 2. The fourth-order valence-electron chi connectivity index (χ4n) is 4.03. The largest absolute Gasteiger partial charge is 0.493 e. The van der Waals surface area contributed by atoms with E-state index in [0.29, 0.717) is 47.5 Å². The second-order valence-corrected chi connectivity index (χ2v) is 10.3. The van der Waals surface area contributed by atoms with Crippen LogP contribution in [0.3, 0.4) is 0 Å². The minimum atomic E-state index is -0.305. The van der Waals surface area contributed by atoms with Crippen molar-refractivity contribution >= 4 is 52.1 Å². The first-order valence-electron chi connectivity index (χ1n) is 12.5. The number of thiocarbonyl (C=S) groups is 1. The van der Waals surface area contributed by atoms with Gasteiger partial charge in [0.1, 0.15) is 5.75 Å². The summed E-state index contributed by atoms with van der Waals surface area (Å²) >= 11 is 11.3. The van der Waals surface area contributed by atoms with Crippen LogP contribution in [0.15, 0.2) is 72.8 Å². The van der Waals surface area contributed by atoms with E-state index in [4.69, 9.17) is 28.6 Å². The van der Waals surface area contributed by atoms with Crippen LogP contribution in [-0.4, -0.2) is 54.6 Å². The third kappa shape index (κ3) is 7.46. The molecule has 3 aromatic rings. The molecule has 2 amide bonds. The first kappa shape index (κ1) is 27.4. The molecule has 0 unspecified atom stereocenters. The predicted octanol–water partition coefficient (Wildman–Crippen LogP) is 5.46. The number of carbonyl (C=O) groups is 2. The SMILES string of the molecule is CC(C)COc1cccc(C(=O)NC(=S)Nc2ccc(N3CCN(C(=O)c4ccc(Cl)cc4)CC3)cc2)c1. The van der Waals surface area contributed by atoms with Gasteiger partial charge < -0.3 is 19.9 Å². The standard InChI is InChI=1S/C29H31ClN4O3S/c1-20(2)19-37-26-5-3-4-22(18-26)27(35)32-29(38)31-24-10-12-25(13-11-24)33-14-16-34(17-15-33)28(36)21-6-8-23(30)9-7-21/h3-13,18,20H,14-17,19H2,1-2H3,(H2,31,32,35,38). The van der Waals surface area contributed by atoms with Gasteiger partial charge in [-0.1, -0.05) is 31.5 Å². The first-order chi connectivity index (χ1) is 18.3. The van der Waals surface area contributed by atoms with Gasteiger partial charge in [0.05, 0.1) is 6.61 Å². The summed E-state index contributed by atoms with van der Waals surface area (Å²) in [5.41, 5.74) is 2.94. The fourth-order valence-corrected chi connectivity index (χ4v) is 4.36. The molecule has 0 atom stereocenters. The van der Waals surface area contributed by atoms with E-state index in [0.717, 1.165) is 24.5 Å². The number of hydrogen-bond acceptors (Lipinski definition) is 5. The highest BCUT2D eigenvalue weighted by atomic mass is 35.5. The Bertz CT molecular complexity index is 1270. The molecule has 0 spiro atoms. The van der Waals surface area contributed by atoms with E-state index in [9.17, 15) is 9.59 Å². The highest BCUT2D eigenvalue weighted by molar-refractivity contribution is 7.80. The van der Waals surface area contributed by atoms with Gasteiger partial charge in [-0.2, -0.15) is 0 Å². The number of halogens is 1. The third-order valence-corrected chi connectivity index (χ3v) is 6.51. The number of amides is 2. The summed E-state index contributed by atoms with van der Waals surface area (Å²) in [7, 11) is 0. The molecule has 7 nitrogen and oxygen atoms in total. The Balaban J connectivity index is 1.26. The predicted molar refractivity (Wildman–Crippen MR) is 156 cm³/mol. The Morgan fingerprint density at radius 2 is 1.63 bits per heavy atom. The van der Waals surface area contributed by atoms with Gasteiger partial charge in [-0.3, -0.25) is 14.9 Å². The van der Waals surface area contributed by atoms with Crippen molar-refractivity contribution in [2.24, 2.45) is 5.92 Å². The van der Waals surface area contributed by atoms with Crippen LogP contribution in [0.1, 0.15) is 34.6 Å². The lowest BCUT2D eigenvalue weighted by molar-refractivity contribution is 0.0746. The smallest absolute Gasteiger partial charge is 0.257 e. The summed E-state index contributed by atoms with van der Waals surface area (Å²) in [5.74, 6) is 0.756. The van der Waals surface area contributed by atoms with Crippen molar-refractivity contribution in [3.63, 3.8) is 0 Å². The molecule has 1 fully saturated rings. The second kappa shape index (κ2) is 12.8. The summed E-state index contributed by atoms with van der Waals surface area (Å²) in [5, 5.41) is 6.61. The molecule has 1 aliphatic heterocycles. The Morgan fingerprint density at radius 1 is 0.947 bits per heavy atom. The summed E-state index contributed by atoms with van der Waals surface area (Å²) in [6, 6.07) is 21.9. The molecule has 4 rings (SSSR count). The topological polar surface area (TPSA) is 73.9 Å². The number of nitrogens with zero attached hydrogens (tertiary/aromatic N) is 2. The van der Waals surface area contributed by atoms with Crippen LogP contribution in [0.25, 0.3) is 0 Å². The van der Waals surface area contributed by atoms with Crippen LogP contribution in [0.2, 0.25) is 5.02 Å². The zero-order valence-electron chi connectivity index (χ0n) is 21.4. The third-order valence-electron chi connectivity index (χ3n) is 6.05. The Morgan fingerprint density at radius 3 is 2.29 bits per heavy atom. The highest BCUT2D eigenvalue weighted by Gasteiger charge is 2.22. The average molecular weight is 551 g/mol. The van der Waals surface area contributed by atoms with E-state index < -0.39 is 0 Å². The summed E-state index contributed by atoms with van der Waals surface area (Å²) in [6.07, 6.45) is 0. The van der Waals surface area contributed by atoms with E-state index in [-0.39, 0.29) is 16.9 Å². The van der Waals surface area contributed by atoms with E-state index in [2.05, 4.69) is 29.4 Å². The number of anilines is 2. The van der Waals surface area contributed by atoms with E-state index in [1.165, 1.54) is 0 Å². The maximum Gasteiger partial charge on any atom is 0.257 e. The monoisotopic (exact) mass is 550 g/mol. The fraction of sp³-hybridized carbons (Fsp3) is 0.276. The average Bonchev–Trinajstić information content (AvgIpc) is 2.92. The molecule has 38 heavy (non-hydrogen) atoms. The van der Waals surface area contributed by atoms with Crippen molar-refractivity contribution in [3.8, 4) is 5.75 Å². The van der Waals surface area contributed by atoms with Crippen molar-refractivity contribution in [1.29, 1.82) is 0 Å². The van der Waals surface area contributed by atoms with Gasteiger partial charge in [-0.15, -0.1) is 0 Å². The van der Waals surface area contributed by atoms with Crippen LogP contribution < -0.4 is 20.3 Å². The molecular weight excluding hydrogens is 520 g/mol. The number of benzene rings is 3. The zero-order chi connectivity index (χ0) is 27.1. The minimum absolute atomic E-state index is 0.0197. The number of ether oxygens (including phenoxy) is 1. The molecule has 0 bridgehead atoms. The maximum absolute atomic E-state index is 12.7. The van der Waals surface area contributed by atoms with Gasteiger partial charge in [-0.05, 0) is 84.9 Å². The van der Waals surface area contributed by atoms with Gasteiger partial charge in [0, 0.05) is 53.7 Å². The molecule has 9 heteroatoms. The highest BCUT2D eigenvalue weighted by Crippen LogP contribution is 2.21. The van der Waals surface area contributed by atoms with Crippen LogP contribution in [0.5, 0.6) is 5.75 Å². The lowest BCUT2D eigenvalue weighted by Crippen LogP contribution is -2.48. The molecule has 1 heterocycles. The number of rotatable bonds is 7. The van der Waals surface area contributed by atoms with Crippen molar-refractivity contribution in [1.82, 2.24) is 10.2 Å². The van der Waals surface area contributed by atoms with Crippen LogP contribution in [-0.2, 0) is 0 Å². The number of hydrogen-bond donors (Lipinski definition) is 2. The second-order valence-electron chi connectivity index (χ2n) is 9.47. The first-order valence-corrected chi connectivity index (χ1v) is 13.3. The maximum atomic E-state index is 12.7.